The lowest BCUT2D eigenvalue weighted by Gasteiger charge is -2.06. The number of hydrogen-bond acceptors (Lipinski definition) is 5. The number of aryl methyl sites for hydroxylation is 1. The number of anilines is 1. The van der Waals surface area contributed by atoms with E-state index in [0.29, 0.717) is 5.56 Å². The van der Waals surface area contributed by atoms with Gasteiger partial charge >= 0.3 is 5.97 Å². The average molecular weight is 276 g/mol. The summed E-state index contributed by atoms with van der Waals surface area (Å²) in [7, 11) is 0. The van der Waals surface area contributed by atoms with E-state index in [1.165, 1.54) is 19.1 Å². The predicted molar refractivity (Wildman–Crippen MR) is 71.1 cm³/mol. The molecule has 0 aliphatic carbocycles. The molecule has 104 valence electrons. The van der Waals surface area contributed by atoms with E-state index in [1.807, 2.05) is 0 Å². The number of carboxylic acid groups (broad SMARTS) is 1. The minimum Gasteiger partial charge on any atom is -0.476 e. The molecule has 0 spiro atoms. The summed E-state index contributed by atoms with van der Waals surface area (Å²) >= 11 is 0. The monoisotopic (exact) mass is 276 g/mol. The third-order valence-electron chi connectivity index (χ3n) is 2.93. The molecule has 0 fully saturated rings. The number of nitro benzene ring substituents is 1. The summed E-state index contributed by atoms with van der Waals surface area (Å²) < 4.78 is 1.08. The van der Waals surface area contributed by atoms with Crippen LogP contribution in [0.4, 0.5) is 11.5 Å². The van der Waals surface area contributed by atoms with Gasteiger partial charge in [-0.3, -0.25) is 10.1 Å². The third kappa shape index (κ3) is 2.07. The lowest BCUT2D eigenvalue weighted by atomic mass is 10.2. The van der Waals surface area contributed by atoms with E-state index in [4.69, 9.17) is 10.8 Å². The first kappa shape index (κ1) is 13.5. The van der Waals surface area contributed by atoms with Crippen molar-refractivity contribution < 1.29 is 14.8 Å². The van der Waals surface area contributed by atoms with Crippen molar-refractivity contribution in [3.63, 3.8) is 0 Å². The molecule has 0 aliphatic rings. The SMILES string of the molecule is Cc1ccc(-n2nc(C(=O)O)c(C)c2N)c([N+](=O)[O-])c1. The Labute approximate surface area is 113 Å². The maximum atomic E-state index is 11.1. The van der Waals surface area contributed by atoms with Crippen LogP contribution < -0.4 is 5.73 Å². The Morgan fingerprint density at radius 2 is 2.10 bits per heavy atom. The highest BCUT2D eigenvalue weighted by atomic mass is 16.6. The van der Waals surface area contributed by atoms with E-state index in [2.05, 4.69) is 5.10 Å². The Kier molecular flexibility index (Phi) is 3.15. The maximum Gasteiger partial charge on any atom is 0.356 e. The van der Waals surface area contributed by atoms with Crippen molar-refractivity contribution in [2.75, 3.05) is 5.73 Å². The molecule has 0 saturated heterocycles. The Hall–Kier alpha value is -2.90. The summed E-state index contributed by atoms with van der Waals surface area (Å²) in [5, 5.41) is 23.9. The van der Waals surface area contributed by atoms with Crippen LogP contribution in [0, 0.1) is 24.0 Å². The average Bonchev–Trinajstić information content (AvgIpc) is 2.66. The Morgan fingerprint density at radius 3 is 2.60 bits per heavy atom. The number of nitrogens with zero attached hydrogens (tertiary/aromatic N) is 3. The quantitative estimate of drug-likeness (QED) is 0.649. The van der Waals surface area contributed by atoms with Crippen molar-refractivity contribution in [1.82, 2.24) is 9.78 Å². The van der Waals surface area contributed by atoms with Crippen LogP contribution >= 0.6 is 0 Å². The Morgan fingerprint density at radius 1 is 1.45 bits per heavy atom. The Balaban J connectivity index is 2.72. The van der Waals surface area contributed by atoms with Gasteiger partial charge in [-0.05, 0) is 25.5 Å². The minimum absolute atomic E-state index is 0.0642. The summed E-state index contributed by atoms with van der Waals surface area (Å²) in [6.07, 6.45) is 0. The van der Waals surface area contributed by atoms with Gasteiger partial charge in [0.25, 0.3) is 5.69 Å². The molecule has 0 radical (unpaired) electrons. The summed E-state index contributed by atoms with van der Waals surface area (Å²) in [4.78, 5) is 21.6. The molecule has 3 N–H and O–H groups in total. The lowest BCUT2D eigenvalue weighted by Crippen LogP contribution is -2.06. The summed E-state index contributed by atoms with van der Waals surface area (Å²) in [5.74, 6) is -1.17. The number of benzene rings is 1. The van der Waals surface area contributed by atoms with Crippen LogP contribution in [0.3, 0.4) is 0 Å². The number of nitrogen functional groups attached to an aromatic ring is 1. The first-order chi connectivity index (χ1) is 9.32. The topological polar surface area (TPSA) is 124 Å². The van der Waals surface area contributed by atoms with Gasteiger partial charge < -0.3 is 10.8 Å². The second kappa shape index (κ2) is 4.65. The zero-order valence-corrected chi connectivity index (χ0v) is 10.8. The molecule has 8 heteroatoms. The molecule has 0 saturated carbocycles. The molecule has 1 aromatic carbocycles. The van der Waals surface area contributed by atoms with Crippen molar-refractivity contribution in [3.05, 3.63) is 45.1 Å². The van der Waals surface area contributed by atoms with Crippen LogP contribution in [0.15, 0.2) is 18.2 Å². The van der Waals surface area contributed by atoms with Gasteiger partial charge in [0, 0.05) is 11.6 Å². The minimum atomic E-state index is -1.23. The van der Waals surface area contributed by atoms with Crippen LogP contribution in [0.1, 0.15) is 21.6 Å². The lowest BCUT2D eigenvalue weighted by molar-refractivity contribution is -0.384. The predicted octanol–water partition coefficient (Wildman–Crippen LogP) is 1.68. The molecule has 1 heterocycles. The number of nitro groups is 1. The number of aromatic nitrogens is 2. The smallest absolute Gasteiger partial charge is 0.356 e. The second-order valence-electron chi connectivity index (χ2n) is 4.33. The molecule has 0 bridgehead atoms. The molecule has 0 unspecified atom stereocenters. The van der Waals surface area contributed by atoms with E-state index in [9.17, 15) is 14.9 Å². The fraction of sp³-hybridized carbons (Fsp3) is 0.167. The number of nitrogens with two attached hydrogens (primary N) is 1. The summed E-state index contributed by atoms with van der Waals surface area (Å²) in [6.45, 7) is 3.22. The number of aromatic carboxylic acids is 1. The van der Waals surface area contributed by atoms with Crippen molar-refractivity contribution in [2.45, 2.75) is 13.8 Å². The normalized spacial score (nSPS) is 10.5. The van der Waals surface area contributed by atoms with Gasteiger partial charge in [0.05, 0.1) is 4.92 Å². The standard InChI is InChI=1S/C12H12N4O4/c1-6-3-4-8(9(5-6)16(19)20)15-11(13)7(2)10(14-15)12(17)18/h3-5H,13H2,1-2H3,(H,17,18). The van der Waals surface area contributed by atoms with E-state index in [0.717, 1.165) is 4.68 Å². The van der Waals surface area contributed by atoms with Gasteiger partial charge in [-0.25, -0.2) is 9.48 Å². The number of rotatable bonds is 3. The highest BCUT2D eigenvalue weighted by molar-refractivity contribution is 5.88. The van der Waals surface area contributed by atoms with E-state index in [-0.39, 0.29) is 28.5 Å². The first-order valence-corrected chi connectivity index (χ1v) is 5.66. The van der Waals surface area contributed by atoms with Crippen molar-refractivity contribution in [3.8, 4) is 5.69 Å². The van der Waals surface area contributed by atoms with Gasteiger partial charge in [0.15, 0.2) is 5.69 Å². The summed E-state index contributed by atoms with van der Waals surface area (Å²) in [5.41, 5.74) is 6.50. The molecule has 20 heavy (non-hydrogen) atoms. The van der Waals surface area contributed by atoms with Crippen molar-refractivity contribution >= 4 is 17.5 Å². The maximum absolute atomic E-state index is 11.1. The van der Waals surface area contributed by atoms with Gasteiger partial charge in [0.2, 0.25) is 0 Å². The molecule has 0 amide bonds. The summed E-state index contributed by atoms with van der Waals surface area (Å²) in [6, 6.07) is 4.54. The van der Waals surface area contributed by atoms with Gasteiger partial charge in [-0.15, -0.1) is 0 Å². The third-order valence-corrected chi connectivity index (χ3v) is 2.93. The molecule has 2 aromatic rings. The zero-order valence-electron chi connectivity index (χ0n) is 10.8. The Bertz CT molecular complexity index is 720. The fourth-order valence-corrected chi connectivity index (χ4v) is 1.85. The largest absolute Gasteiger partial charge is 0.476 e. The molecule has 0 aliphatic heterocycles. The molecule has 2 rings (SSSR count). The van der Waals surface area contributed by atoms with Crippen LogP contribution in [0.25, 0.3) is 5.69 Å². The van der Waals surface area contributed by atoms with Gasteiger partial charge in [-0.1, -0.05) is 6.07 Å². The van der Waals surface area contributed by atoms with Crippen molar-refractivity contribution in [1.29, 1.82) is 0 Å². The van der Waals surface area contributed by atoms with Crippen LogP contribution in [-0.2, 0) is 0 Å². The number of carboxylic acids is 1. The zero-order chi connectivity index (χ0) is 15.0. The molecule has 8 nitrogen and oxygen atoms in total. The highest BCUT2D eigenvalue weighted by Crippen LogP contribution is 2.28. The van der Waals surface area contributed by atoms with Crippen LogP contribution in [0.5, 0.6) is 0 Å². The van der Waals surface area contributed by atoms with Gasteiger partial charge in [0.1, 0.15) is 11.5 Å². The molecular formula is C12H12N4O4. The van der Waals surface area contributed by atoms with Gasteiger partial charge in [-0.2, -0.15) is 5.10 Å². The molecule has 0 atom stereocenters. The highest BCUT2D eigenvalue weighted by Gasteiger charge is 2.23. The number of carbonyl (C=O) groups is 1. The number of hydrogen-bond donors (Lipinski definition) is 2. The molecular weight excluding hydrogens is 264 g/mol. The first-order valence-electron chi connectivity index (χ1n) is 5.66. The second-order valence-corrected chi connectivity index (χ2v) is 4.33. The van der Waals surface area contributed by atoms with E-state index in [1.54, 1.807) is 13.0 Å². The van der Waals surface area contributed by atoms with Crippen LogP contribution in [0.2, 0.25) is 0 Å². The van der Waals surface area contributed by atoms with E-state index >= 15 is 0 Å². The fourth-order valence-electron chi connectivity index (χ4n) is 1.85. The van der Waals surface area contributed by atoms with Crippen LogP contribution in [-0.4, -0.2) is 25.8 Å². The van der Waals surface area contributed by atoms with E-state index < -0.39 is 10.9 Å². The van der Waals surface area contributed by atoms with Crippen molar-refractivity contribution in [2.24, 2.45) is 0 Å². The molecule has 1 aromatic heterocycles.